The van der Waals surface area contributed by atoms with Crippen LogP contribution in [0.2, 0.25) is 0 Å². The van der Waals surface area contributed by atoms with Crippen LogP contribution in [-0.2, 0) is 25.6 Å². The average Bonchev–Trinajstić information content (AvgIpc) is 2.82. The Morgan fingerprint density at radius 1 is 1.21 bits per heavy atom. The molecule has 3 unspecified atom stereocenters. The molecule has 8 N–H and O–H groups in total. The fourth-order valence-corrected chi connectivity index (χ4v) is 6.17. The third kappa shape index (κ3) is 4.28. The number of aromatic hydroxyl groups is 1. The van der Waals surface area contributed by atoms with Crippen molar-refractivity contribution in [3.63, 3.8) is 0 Å². The van der Waals surface area contributed by atoms with Gasteiger partial charge < -0.3 is 36.6 Å². The summed E-state index contributed by atoms with van der Waals surface area (Å²) in [6.45, 7) is 0. The number of Topliss-reactive ketones (excluding diaryl/α,β-unsaturated/α-hetero) is 2. The van der Waals surface area contributed by atoms with E-state index in [9.17, 15) is 44.4 Å². The third-order valence-electron chi connectivity index (χ3n) is 7.49. The van der Waals surface area contributed by atoms with E-state index in [2.05, 4.69) is 21.2 Å². The summed E-state index contributed by atoms with van der Waals surface area (Å²) in [5.41, 5.74) is 1.20. The lowest BCUT2D eigenvalue weighted by Gasteiger charge is -2.50. The number of halogens is 1. The summed E-state index contributed by atoms with van der Waals surface area (Å²) in [7, 11) is 3.07. The summed E-state index contributed by atoms with van der Waals surface area (Å²) in [5.74, 6) is -9.77. The predicted molar refractivity (Wildman–Crippen MR) is 137 cm³/mol. The maximum atomic E-state index is 13.7. The number of ketones is 2. The van der Waals surface area contributed by atoms with Gasteiger partial charge in [0.15, 0.2) is 17.1 Å². The number of rotatable bonds is 6. The lowest BCUT2D eigenvalue weighted by atomic mass is 9.58. The van der Waals surface area contributed by atoms with Crippen LogP contribution in [0.5, 0.6) is 5.75 Å². The number of amides is 2. The number of nitrogens with one attached hydrogen (secondary N) is 1. The van der Waals surface area contributed by atoms with Crippen LogP contribution >= 0.6 is 15.9 Å². The first kappa shape index (κ1) is 28.3. The maximum Gasteiger partial charge on any atom is 0.305 e. The molecule has 39 heavy (non-hydrogen) atoms. The number of carbonyl (C=O) groups excluding carboxylic acids is 4. The van der Waals surface area contributed by atoms with Crippen molar-refractivity contribution in [1.82, 2.24) is 4.90 Å². The molecule has 2 amide bonds. The van der Waals surface area contributed by atoms with E-state index < -0.39 is 86.9 Å². The van der Waals surface area contributed by atoms with Crippen LogP contribution in [0, 0.1) is 11.8 Å². The Morgan fingerprint density at radius 2 is 1.85 bits per heavy atom. The summed E-state index contributed by atoms with van der Waals surface area (Å²) in [6, 6.07) is 1.73. The van der Waals surface area contributed by atoms with Crippen molar-refractivity contribution in [3.05, 3.63) is 45.9 Å². The minimum absolute atomic E-state index is 0.0501. The number of carboxylic acid groups (broad SMARTS) is 1. The highest BCUT2D eigenvalue weighted by Crippen LogP contribution is 2.52. The van der Waals surface area contributed by atoms with Crippen LogP contribution in [0.3, 0.4) is 0 Å². The highest BCUT2D eigenvalue weighted by Gasteiger charge is 2.63. The van der Waals surface area contributed by atoms with Gasteiger partial charge >= 0.3 is 5.97 Å². The van der Waals surface area contributed by atoms with Gasteiger partial charge in [-0.2, -0.15) is 0 Å². The Morgan fingerprint density at radius 3 is 2.41 bits per heavy atom. The largest absolute Gasteiger partial charge is 0.510 e. The van der Waals surface area contributed by atoms with E-state index in [1.807, 2.05) is 0 Å². The van der Waals surface area contributed by atoms with Gasteiger partial charge in [0.1, 0.15) is 21.9 Å². The summed E-state index contributed by atoms with van der Waals surface area (Å²) >= 11 is 2.94. The second-order valence-corrected chi connectivity index (χ2v) is 11.1. The van der Waals surface area contributed by atoms with E-state index in [1.54, 1.807) is 0 Å². The van der Waals surface area contributed by atoms with Gasteiger partial charge in [0.25, 0.3) is 5.91 Å². The minimum Gasteiger partial charge on any atom is -0.510 e. The first-order chi connectivity index (χ1) is 18.1. The highest BCUT2D eigenvalue weighted by molar-refractivity contribution is 9.10. The van der Waals surface area contributed by atoms with Crippen molar-refractivity contribution in [2.45, 2.75) is 35.7 Å². The molecule has 1 aromatic rings. The van der Waals surface area contributed by atoms with Crippen molar-refractivity contribution in [2.24, 2.45) is 17.6 Å². The number of primary amides is 1. The lowest BCUT2D eigenvalue weighted by molar-refractivity contribution is -0.148. The number of allylic oxidation sites excluding steroid dienone is 1. The number of aliphatic hydroxyl groups excluding tert-OH is 2. The van der Waals surface area contributed by atoms with E-state index in [4.69, 9.17) is 10.8 Å². The molecule has 3 aliphatic rings. The van der Waals surface area contributed by atoms with Crippen molar-refractivity contribution in [3.8, 4) is 5.75 Å². The van der Waals surface area contributed by atoms with E-state index >= 15 is 0 Å². The molecule has 0 aliphatic heterocycles. The van der Waals surface area contributed by atoms with Crippen LogP contribution in [0.25, 0.3) is 0 Å². The number of carboxylic acids is 1. The molecule has 0 saturated carbocycles. The molecule has 0 fully saturated rings. The number of carbonyl (C=O) groups is 5. The fourth-order valence-electron chi connectivity index (χ4n) is 5.78. The normalized spacial score (nSPS) is 27.1. The van der Waals surface area contributed by atoms with Gasteiger partial charge in [0.05, 0.1) is 23.7 Å². The molecule has 3 aliphatic carbocycles. The molecule has 0 saturated heterocycles. The number of aliphatic carboxylic acids is 1. The summed E-state index contributed by atoms with van der Waals surface area (Å²) in [6.07, 6.45) is -0.500. The topological polar surface area (TPSA) is 228 Å². The summed E-state index contributed by atoms with van der Waals surface area (Å²) in [5, 5.41) is 55.8. The number of phenolic OH excluding ortho intramolecular Hbond substituents is 1. The lowest BCUT2D eigenvalue weighted by Crippen LogP contribution is -2.63. The quantitative estimate of drug-likeness (QED) is 0.132. The van der Waals surface area contributed by atoms with Gasteiger partial charge in [0, 0.05) is 11.5 Å². The summed E-state index contributed by atoms with van der Waals surface area (Å²) < 4.78 is 0. The summed E-state index contributed by atoms with van der Waals surface area (Å²) in [4.78, 5) is 62.6. The van der Waals surface area contributed by atoms with Crippen LogP contribution in [0.1, 0.15) is 28.8 Å². The number of anilines is 1. The van der Waals surface area contributed by atoms with Crippen molar-refractivity contribution in [1.29, 1.82) is 0 Å². The number of phenols is 1. The molecular weight excluding hydrogens is 582 g/mol. The Balaban J connectivity index is 1.81. The van der Waals surface area contributed by atoms with E-state index in [0.29, 0.717) is 5.56 Å². The molecule has 0 spiro atoms. The van der Waals surface area contributed by atoms with E-state index in [0.717, 1.165) is 0 Å². The Labute approximate surface area is 229 Å². The third-order valence-corrected chi connectivity index (χ3v) is 8.23. The SMILES string of the molecule is CN(C)[C@@H]1C(O)=C(C(N)=O)C(=O)[C@@]2(O)C(O)=C3C(=O)c4c(ccc(NC(=O)C(Br)CC(=O)O)c4O)CC3CC12. The average molecular weight is 608 g/mol. The molecule has 5 atom stereocenters. The van der Waals surface area contributed by atoms with Crippen LogP contribution in [0.4, 0.5) is 5.69 Å². The van der Waals surface area contributed by atoms with E-state index in [-0.39, 0.29) is 29.7 Å². The Kier molecular flexibility index (Phi) is 7.08. The number of alkyl halides is 1. The van der Waals surface area contributed by atoms with Gasteiger partial charge in [-0.1, -0.05) is 22.0 Å². The number of fused-ring (bicyclic) bond motifs is 3. The number of nitrogens with zero attached hydrogens (tertiary/aromatic N) is 1. The van der Waals surface area contributed by atoms with Gasteiger partial charge in [-0.25, -0.2) is 0 Å². The smallest absolute Gasteiger partial charge is 0.305 e. The molecule has 13 nitrogen and oxygen atoms in total. The molecule has 4 rings (SSSR count). The van der Waals surface area contributed by atoms with Gasteiger partial charge in [-0.15, -0.1) is 0 Å². The second kappa shape index (κ2) is 9.77. The number of likely N-dealkylation sites (N-methyl/N-ethyl adjacent to an activating group) is 1. The standard InChI is InChI=1S/C25H26BrN3O10/c1-29(2)17-10-6-9-5-8-3-4-12(28-24(38)11(26)7-13(30)31)18(32)14(8)19(33)15(9)21(35)25(10,39)22(36)16(20(17)34)23(27)37/h3-4,9-11,17,32,34-35,39H,5-7H2,1-2H3,(H2,27,37)(H,28,38)(H,30,31)/t9?,10?,11?,17-,25-/m0/s1. The van der Waals surface area contributed by atoms with E-state index in [1.165, 1.54) is 31.1 Å². The Hall–Kier alpha value is -3.75. The molecule has 0 radical (unpaired) electrons. The number of nitrogens with two attached hydrogens (primary N) is 1. The molecule has 208 valence electrons. The Bertz CT molecular complexity index is 1400. The molecule has 14 heteroatoms. The van der Waals surface area contributed by atoms with Gasteiger partial charge in [-0.3, -0.25) is 28.9 Å². The highest BCUT2D eigenvalue weighted by atomic mass is 79.9. The first-order valence-corrected chi connectivity index (χ1v) is 12.7. The van der Waals surface area contributed by atoms with Crippen LogP contribution in [0.15, 0.2) is 34.8 Å². The molecular formula is C25H26BrN3O10. The second-order valence-electron chi connectivity index (χ2n) is 10.0. The van der Waals surface area contributed by atoms with Crippen molar-refractivity contribution >= 4 is 51.0 Å². The zero-order valence-corrected chi connectivity index (χ0v) is 22.4. The molecule has 0 bridgehead atoms. The van der Waals surface area contributed by atoms with Crippen molar-refractivity contribution < 1.29 is 49.5 Å². The monoisotopic (exact) mass is 607 g/mol. The fraction of sp³-hybridized carbons (Fsp3) is 0.400. The number of benzene rings is 1. The minimum atomic E-state index is -2.76. The predicted octanol–water partition coefficient (Wildman–Crippen LogP) is 0.297. The zero-order chi connectivity index (χ0) is 29.1. The number of hydrogen-bond acceptors (Lipinski definition) is 10. The van der Waals surface area contributed by atoms with Crippen molar-refractivity contribution in [2.75, 3.05) is 19.4 Å². The molecule has 1 aromatic carbocycles. The zero-order valence-electron chi connectivity index (χ0n) is 20.8. The number of aliphatic hydroxyl groups is 3. The maximum absolute atomic E-state index is 13.7. The van der Waals surface area contributed by atoms with Gasteiger partial charge in [0.2, 0.25) is 11.7 Å². The molecule has 0 heterocycles. The molecule has 0 aromatic heterocycles. The van der Waals surface area contributed by atoms with Crippen LogP contribution in [-0.4, -0.2) is 90.3 Å². The van der Waals surface area contributed by atoms with Crippen LogP contribution < -0.4 is 11.1 Å². The number of hydrogen-bond donors (Lipinski definition) is 7. The first-order valence-electron chi connectivity index (χ1n) is 11.8. The van der Waals surface area contributed by atoms with Gasteiger partial charge in [-0.05, 0) is 44.5 Å².